The molecule has 2 nitrogen and oxygen atoms in total. The largest absolute Gasteiger partial charge is 0.488 e. The van der Waals surface area contributed by atoms with E-state index >= 15 is 0 Å². The topological polar surface area (TPSA) is 33.0 Å². The fraction of sp³-hybridized carbons (Fsp3) is 0.417. The predicted octanol–water partition coefficient (Wildman–Crippen LogP) is 3.13. The SMILES string of the molecule is CCC(C)(C)Oc1cccc(C#N)c1. The van der Waals surface area contributed by atoms with Crippen LogP contribution in [0, 0.1) is 11.3 Å². The van der Waals surface area contributed by atoms with Crippen molar-refractivity contribution in [2.75, 3.05) is 0 Å². The Kier molecular flexibility index (Phi) is 3.14. The first-order valence-electron chi connectivity index (χ1n) is 4.76. The molecule has 0 aliphatic heterocycles. The highest BCUT2D eigenvalue weighted by atomic mass is 16.5. The molecule has 74 valence electrons. The average molecular weight is 189 g/mol. The maximum absolute atomic E-state index is 8.71. The Morgan fingerprint density at radius 1 is 1.43 bits per heavy atom. The minimum Gasteiger partial charge on any atom is -0.488 e. The van der Waals surface area contributed by atoms with Crippen molar-refractivity contribution in [3.8, 4) is 11.8 Å². The van der Waals surface area contributed by atoms with Gasteiger partial charge in [0.15, 0.2) is 0 Å². The minimum absolute atomic E-state index is 0.173. The van der Waals surface area contributed by atoms with Gasteiger partial charge in [-0.25, -0.2) is 0 Å². The average Bonchev–Trinajstić information content (AvgIpc) is 2.17. The van der Waals surface area contributed by atoms with E-state index in [9.17, 15) is 0 Å². The lowest BCUT2D eigenvalue weighted by Gasteiger charge is -2.24. The highest BCUT2D eigenvalue weighted by Gasteiger charge is 2.16. The molecular weight excluding hydrogens is 174 g/mol. The van der Waals surface area contributed by atoms with Gasteiger partial charge in [-0.15, -0.1) is 0 Å². The molecule has 0 atom stereocenters. The molecule has 0 aliphatic carbocycles. The molecule has 0 N–H and O–H groups in total. The predicted molar refractivity (Wildman–Crippen MR) is 56.2 cm³/mol. The van der Waals surface area contributed by atoms with Gasteiger partial charge in [0.2, 0.25) is 0 Å². The maximum atomic E-state index is 8.71. The number of rotatable bonds is 3. The van der Waals surface area contributed by atoms with E-state index in [2.05, 4.69) is 13.0 Å². The Labute approximate surface area is 85.1 Å². The van der Waals surface area contributed by atoms with Gasteiger partial charge in [0.25, 0.3) is 0 Å². The van der Waals surface area contributed by atoms with E-state index in [0.29, 0.717) is 5.56 Å². The van der Waals surface area contributed by atoms with Crippen LogP contribution >= 0.6 is 0 Å². The number of nitrogens with zero attached hydrogens (tertiary/aromatic N) is 1. The number of hydrogen-bond donors (Lipinski definition) is 0. The van der Waals surface area contributed by atoms with E-state index in [1.165, 1.54) is 0 Å². The summed E-state index contributed by atoms with van der Waals surface area (Å²) in [6, 6.07) is 9.33. The highest BCUT2D eigenvalue weighted by Crippen LogP contribution is 2.21. The fourth-order valence-corrected chi connectivity index (χ4v) is 1.02. The number of benzene rings is 1. The van der Waals surface area contributed by atoms with Crippen LogP contribution in [0.25, 0.3) is 0 Å². The standard InChI is InChI=1S/C12H15NO/c1-4-12(2,3)14-11-7-5-6-10(8-11)9-13/h5-8H,4H2,1-3H3. The van der Waals surface area contributed by atoms with Gasteiger partial charge in [0.1, 0.15) is 11.4 Å². The molecule has 14 heavy (non-hydrogen) atoms. The summed E-state index contributed by atoms with van der Waals surface area (Å²) in [5, 5.41) is 8.71. The molecule has 0 amide bonds. The van der Waals surface area contributed by atoms with Gasteiger partial charge in [0.05, 0.1) is 11.6 Å². The van der Waals surface area contributed by atoms with Crippen molar-refractivity contribution >= 4 is 0 Å². The van der Waals surface area contributed by atoms with E-state index in [0.717, 1.165) is 12.2 Å². The molecule has 0 aromatic heterocycles. The number of hydrogen-bond acceptors (Lipinski definition) is 2. The minimum atomic E-state index is -0.173. The number of nitriles is 1. The van der Waals surface area contributed by atoms with Crippen LogP contribution in [0.15, 0.2) is 24.3 Å². The van der Waals surface area contributed by atoms with Crippen LogP contribution in [0.1, 0.15) is 32.8 Å². The lowest BCUT2D eigenvalue weighted by atomic mass is 10.1. The Morgan fingerprint density at radius 3 is 2.71 bits per heavy atom. The van der Waals surface area contributed by atoms with Gasteiger partial charge in [-0.2, -0.15) is 5.26 Å². The summed E-state index contributed by atoms with van der Waals surface area (Å²) in [6.45, 7) is 6.15. The molecule has 1 aromatic carbocycles. The van der Waals surface area contributed by atoms with Crippen LogP contribution in [0.5, 0.6) is 5.75 Å². The van der Waals surface area contributed by atoms with Crippen LogP contribution in [0.3, 0.4) is 0 Å². The van der Waals surface area contributed by atoms with Gasteiger partial charge >= 0.3 is 0 Å². The molecule has 0 saturated carbocycles. The van der Waals surface area contributed by atoms with Crippen molar-refractivity contribution < 1.29 is 4.74 Å². The third kappa shape index (κ3) is 2.77. The molecule has 0 aliphatic rings. The zero-order chi connectivity index (χ0) is 10.6. The monoisotopic (exact) mass is 189 g/mol. The van der Waals surface area contributed by atoms with Crippen molar-refractivity contribution in [1.82, 2.24) is 0 Å². The van der Waals surface area contributed by atoms with Crippen molar-refractivity contribution in [2.45, 2.75) is 32.8 Å². The van der Waals surface area contributed by atoms with E-state index < -0.39 is 0 Å². The van der Waals surface area contributed by atoms with E-state index in [1.807, 2.05) is 26.0 Å². The molecule has 0 unspecified atom stereocenters. The normalized spacial score (nSPS) is 10.7. The van der Waals surface area contributed by atoms with Gasteiger partial charge < -0.3 is 4.74 Å². The van der Waals surface area contributed by atoms with Gasteiger partial charge in [0, 0.05) is 0 Å². The third-order valence-electron chi connectivity index (χ3n) is 2.21. The summed E-state index contributed by atoms with van der Waals surface area (Å²) in [5.74, 6) is 0.760. The van der Waals surface area contributed by atoms with Crippen molar-refractivity contribution in [2.24, 2.45) is 0 Å². The molecular formula is C12H15NO. The summed E-state index contributed by atoms with van der Waals surface area (Å²) >= 11 is 0. The smallest absolute Gasteiger partial charge is 0.121 e. The van der Waals surface area contributed by atoms with Crippen LogP contribution in [-0.4, -0.2) is 5.60 Å². The van der Waals surface area contributed by atoms with E-state index in [1.54, 1.807) is 12.1 Å². The van der Waals surface area contributed by atoms with Crippen molar-refractivity contribution in [3.05, 3.63) is 29.8 Å². The summed E-state index contributed by atoms with van der Waals surface area (Å²) in [4.78, 5) is 0. The summed E-state index contributed by atoms with van der Waals surface area (Å²) in [5.41, 5.74) is 0.461. The van der Waals surface area contributed by atoms with E-state index in [-0.39, 0.29) is 5.60 Å². The molecule has 0 heterocycles. The fourth-order valence-electron chi connectivity index (χ4n) is 1.02. The maximum Gasteiger partial charge on any atom is 0.121 e. The zero-order valence-electron chi connectivity index (χ0n) is 8.87. The summed E-state index contributed by atoms with van der Waals surface area (Å²) in [6.07, 6.45) is 0.934. The Bertz CT molecular complexity index is 350. The molecule has 0 spiro atoms. The van der Waals surface area contributed by atoms with Crippen LogP contribution < -0.4 is 4.74 Å². The Balaban J connectivity index is 2.83. The third-order valence-corrected chi connectivity index (χ3v) is 2.21. The molecule has 0 radical (unpaired) electrons. The molecule has 0 bridgehead atoms. The first kappa shape index (κ1) is 10.6. The first-order valence-corrected chi connectivity index (χ1v) is 4.76. The first-order chi connectivity index (χ1) is 6.57. The van der Waals surface area contributed by atoms with Crippen LogP contribution in [-0.2, 0) is 0 Å². The van der Waals surface area contributed by atoms with Gasteiger partial charge in [-0.05, 0) is 38.5 Å². The molecule has 0 saturated heterocycles. The summed E-state index contributed by atoms with van der Waals surface area (Å²) < 4.78 is 5.74. The Morgan fingerprint density at radius 2 is 2.14 bits per heavy atom. The number of ether oxygens (including phenoxy) is 1. The quantitative estimate of drug-likeness (QED) is 0.731. The highest BCUT2D eigenvalue weighted by molar-refractivity contribution is 5.36. The Hall–Kier alpha value is -1.49. The molecule has 1 aromatic rings. The second kappa shape index (κ2) is 4.15. The van der Waals surface area contributed by atoms with Crippen molar-refractivity contribution in [3.63, 3.8) is 0 Å². The molecule has 0 fully saturated rings. The van der Waals surface area contributed by atoms with Crippen molar-refractivity contribution in [1.29, 1.82) is 5.26 Å². The van der Waals surface area contributed by atoms with Gasteiger partial charge in [-0.1, -0.05) is 13.0 Å². The summed E-state index contributed by atoms with van der Waals surface area (Å²) in [7, 11) is 0. The lowest BCUT2D eigenvalue weighted by molar-refractivity contribution is 0.105. The van der Waals surface area contributed by atoms with Crippen LogP contribution in [0.2, 0.25) is 0 Å². The van der Waals surface area contributed by atoms with Gasteiger partial charge in [-0.3, -0.25) is 0 Å². The lowest BCUT2D eigenvalue weighted by Crippen LogP contribution is -2.26. The second-order valence-corrected chi connectivity index (χ2v) is 3.85. The van der Waals surface area contributed by atoms with Crippen LogP contribution in [0.4, 0.5) is 0 Å². The molecule has 1 rings (SSSR count). The molecule has 2 heteroatoms. The second-order valence-electron chi connectivity index (χ2n) is 3.85. The van der Waals surface area contributed by atoms with E-state index in [4.69, 9.17) is 10.00 Å². The zero-order valence-corrected chi connectivity index (χ0v) is 8.87.